The van der Waals surface area contributed by atoms with Gasteiger partial charge in [-0.05, 0) is 49.4 Å². The van der Waals surface area contributed by atoms with Crippen LogP contribution in [0.3, 0.4) is 0 Å². The SMILES string of the molecule is COc1ccc(CCC(=O)N2CCC[C@@H]2c2ccc(C)cc2)cc1. The number of aryl methyl sites for hydroxylation is 2. The molecular weight excluding hydrogens is 298 g/mol. The van der Waals surface area contributed by atoms with Gasteiger partial charge in [0.05, 0.1) is 13.2 Å². The van der Waals surface area contributed by atoms with Gasteiger partial charge in [0, 0.05) is 13.0 Å². The van der Waals surface area contributed by atoms with E-state index in [2.05, 4.69) is 36.1 Å². The van der Waals surface area contributed by atoms with Gasteiger partial charge in [0.2, 0.25) is 5.91 Å². The smallest absolute Gasteiger partial charge is 0.223 e. The first-order valence-electron chi connectivity index (χ1n) is 8.66. The Kier molecular flexibility index (Phi) is 5.19. The quantitative estimate of drug-likeness (QED) is 0.821. The molecule has 2 aromatic carbocycles. The first kappa shape index (κ1) is 16.6. The van der Waals surface area contributed by atoms with Gasteiger partial charge in [0.25, 0.3) is 0 Å². The number of hydrogen-bond donors (Lipinski definition) is 0. The molecule has 0 saturated carbocycles. The average molecular weight is 323 g/mol. The highest BCUT2D eigenvalue weighted by atomic mass is 16.5. The average Bonchev–Trinajstić information content (AvgIpc) is 3.10. The number of ether oxygens (including phenoxy) is 1. The highest BCUT2D eigenvalue weighted by Gasteiger charge is 2.29. The fourth-order valence-corrected chi connectivity index (χ4v) is 3.39. The van der Waals surface area contributed by atoms with Gasteiger partial charge in [-0.25, -0.2) is 0 Å². The van der Waals surface area contributed by atoms with E-state index in [1.54, 1.807) is 7.11 Å². The fourth-order valence-electron chi connectivity index (χ4n) is 3.39. The van der Waals surface area contributed by atoms with Crippen LogP contribution in [0.25, 0.3) is 0 Å². The predicted octanol–water partition coefficient (Wildman–Crippen LogP) is 4.30. The maximum atomic E-state index is 12.7. The second-order valence-corrected chi connectivity index (χ2v) is 6.50. The van der Waals surface area contributed by atoms with Crippen molar-refractivity contribution < 1.29 is 9.53 Å². The molecule has 1 saturated heterocycles. The second kappa shape index (κ2) is 7.52. The third-order valence-electron chi connectivity index (χ3n) is 4.82. The Morgan fingerprint density at radius 1 is 1.12 bits per heavy atom. The van der Waals surface area contributed by atoms with Crippen molar-refractivity contribution in [1.82, 2.24) is 4.90 Å². The molecule has 3 nitrogen and oxygen atoms in total. The summed E-state index contributed by atoms with van der Waals surface area (Å²) in [5.41, 5.74) is 3.69. The molecular formula is C21H25NO2. The second-order valence-electron chi connectivity index (χ2n) is 6.50. The molecule has 1 heterocycles. The molecule has 1 amide bonds. The molecule has 0 aromatic heterocycles. The zero-order valence-electron chi connectivity index (χ0n) is 14.5. The summed E-state index contributed by atoms with van der Waals surface area (Å²) in [5.74, 6) is 1.11. The number of benzene rings is 2. The van der Waals surface area contributed by atoms with E-state index in [1.807, 2.05) is 24.3 Å². The Morgan fingerprint density at radius 2 is 1.83 bits per heavy atom. The van der Waals surface area contributed by atoms with Gasteiger partial charge in [-0.15, -0.1) is 0 Å². The molecule has 126 valence electrons. The Morgan fingerprint density at radius 3 is 2.50 bits per heavy atom. The third-order valence-corrected chi connectivity index (χ3v) is 4.82. The largest absolute Gasteiger partial charge is 0.497 e. The lowest BCUT2D eigenvalue weighted by Crippen LogP contribution is -2.30. The molecule has 0 unspecified atom stereocenters. The number of carbonyl (C=O) groups is 1. The fraction of sp³-hybridized carbons (Fsp3) is 0.381. The summed E-state index contributed by atoms with van der Waals surface area (Å²) in [7, 11) is 1.66. The van der Waals surface area contributed by atoms with Gasteiger partial charge in [0.1, 0.15) is 5.75 Å². The summed E-state index contributed by atoms with van der Waals surface area (Å²) in [6, 6.07) is 16.8. The summed E-state index contributed by atoms with van der Waals surface area (Å²) in [5, 5.41) is 0. The molecule has 1 aliphatic rings. The standard InChI is InChI=1S/C21H25NO2/c1-16-5-10-18(11-6-16)20-4-3-15-22(20)21(23)14-9-17-7-12-19(24-2)13-8-17/h5-8,10-13,20H,3-4,9,14-15H2,1-2H3/t20-/m1/s1. The highest BCUT2D eigenvalue weighted by molar-refractivity contribution is 5.77. The Hall–Kier alpha value is -2.29. The number of carbonyl (C=O) groups excluding carboxylic acids is 1. The molecule has 0 N–H and O–H groups in total. The molecule has 0 bridgehead atoms. The van der Waals surface area contributed by atoms with Crippen LogP contribution in [0.1, 0.15) is 42.0 Å². The molecule has 2 aromatic rings. The van der Waals surface area contributed by atoms with Gasteiger partial charge in [-0.1, -0.05) is 42.0 Å². The molecule has 3 heteroatoms. The van der Waals surface area contributed by atoms with Crippen LogP contribution in [-0.4, -0.2) is 24.5 Å². The molecule has 1 atom stereocenters. The Bertz CT molecular complexity index is 676. The topological polar surface area (TPSA) is 29.5 Å². The van der Waals surface area contributed by atoms with Crippen molar-refractivity contribution in [3.05, 3.63) is 65.2 Å². The number of hydrogen-bond acceptors (Lipinski definition) is 2. The minimum atomic E-state index is 0.244. The molecule has 0 aliphatic carbocycles. The summed E-state index contributed by atoms with van der Waals surface area (Å²) in [4.78, 5) is 14.8. The minimum Gasteiger partial charge on any atom is -0.497 e. The first-order valence-corrected chi connectivity index (χ1v) is 8.66. The summed E-state index contributed by atoms with van der Waals surface area (Å²) >= 11 is 0. The Labute approximate surface area is 144 Å². The van der Waals surface area contributed by atoms with Crippen molar-refractivity contribution in [2.24, 2.45) is 0 Å². The van der Waals surface area contributed by atoms with E-state index in [1.165, 1.54) is 16.7 Å². The summed E-state index contributed by atoms with van der Waals surface area (Å²) < 4.78 is 5.17. The molecule has 0 spiro atoms. The molecule has 1 fully saturated rings. The van der Waals surface area contributed by atoms with Gasteiger partial charge in [0.15, 0.2) is 0 Å². The van der Waals surface area contributed by atoms with Crippen molar-refractivity contribution in [1.29, 1.82) is 0 Å². The van der Waals surface area contributed by atoms with Crippen LogP contribution in [0, 0.1) is 6.92 Å². The number of likely N-dealkylation sites (tertiary alicyclic amines) is 1. The summed E-state index contributed by atoms with van der Waals surface area (Å²) in [6.45, 7) is 2.97. The van der Waals surface area contributed by atoms with E-state index in [4.69, 9.17) is 4.74 Å². The minimum absolute atomic E-state index is 0.244. The van der Waals surface area contributed by atoms with E-state index >= 15 is 0 Å². The maximum absolute atomic E-state index is 12.7. The summed E-state index contributed by atoms with van der Waals surface area (Å²) in [6.07, 6.45) is 3.50. The molecule has 1 aliphatic heterocycles. The lowest BCUT2D eigenvalue weighted by Gasteiger charge is -2.25. The van der Waals surface area contributed by atoms with Crippen LogP contribution < -0.4 is 4.74 Å². The van der Waals surface area contributed by atoms with E-state index in [-0.39, 0.29) is 11.9 Å². The van der Waals surface area contributed by atoms with Gasteiger partial charge >= 0.3 is 0 Å². The van der Waals surface area contributed by atoms with Crippen molar-refractivity contribution in [3.8, 4) is 5.75 Å². The molecule has 3 rings (SSSR count). The van der Waals surface area contributed by atoms with Crippen molar-refractivity contribution >= 4 is 5.91 Å². The van der Waals surface area contributed by atoms with E-state index < -0.39 is 0 Å². The van der Waals surface area contributed by atoms with Crippen LogP contribution in [0.2, 0.25) is 0 Å². The van der Waals surface area contributed by atoms with E-state index in [0.717, 1.165) is 31.6 Å². The monoisotopic (exact) mass is 323 g/mol. The van der Waals surface area contributed by atoms with Gasteiger partial charge in [-0.3, -0.25) is 4.79 Å². The van der Waals surface area contributed by atoms with Gasteiger partial charge < -0.3 is 9.64 Å². The zero-order chi connectivity index (χ0) is 16.9. The van der Waals surface area contributed by atoms with Gasteiger partial charge in [-0.2, -0.15) is 0 Å². The zero-order valence-corrected chi connectivity index (χ0v) is 14.5. The van der Waals surface area contributed by atoms with Crippen LogP contribution >= 0.6 is 0 Å². The molecule has 24 heavy (non-hydrogen) atoms. The first-order chi connectivity index (χ1) is 11.7. The maximum Gasteiger partial charge on any atom is 0.223 e. The van der Waals surface area contributed by atoms with E-state index in [0.29, 0.717) is 6.42 Å². The van der Waals surface area contributed by atoms with Crippen molar-refractivity contribution in [2.75, 3.05) is 13.7 Å². The lowest BCUT2D eigenvalue weighted by atomic mass is 10.0. The van der Waals surface area contributed by atoms with Crippen LogP contribution in [0.4, 0.5) is 0 Å². The van der Waals surface area contributed by atoms with Crippen molar-refractivity contribution in [2.45, 2.75) is 38.6 Å². The van der Waals surface area contributed by atoms with Crippen LogP contribution in [0.15, 0.2) is 48.5 Å². The number of rotatable bonds is 5. The number of nitrogens with zero attached hydrogens (tertiary/aromatic N) is 1. The highest BCUT2D eigenvalue weighted by Crippen LogP contribution is 2.32. The Balaban J connectivity index is 1.61. The molecule has 0 radical (unpaired) electrons. The van der Waals surface area contributed by atoms with Crippen molar-refractivity contribution in [3.63, 3.8) is 0 Å². The predicted molar refractivity (Wildman–Crippen MR) is 96.2 cm³/mol. The lowest BCUT2D eigenvalue weighted by molar-refractivity contribution is -0.132. The van der Waals surface area contributed by atoms with E-state index in [9.17, 15) is 4.79 Å². The number of methoxy groups -OCH3 is 1. The third kappa shape index (κ3) is 3.78. The number of amides is 1. The van der Waals surface area contributed by atoms with Crippen LogP contribution in [0.5, 0.6) is 5.75 Å². The normalized spacial score (nSPS) is 17.1. The van der Waals surface area contributed by atoms with Crippen LogP contribution in [-0.2, 0) is 11.2 Å².